The summed E-state index contributed by atoms with van der Waals surface area (Å²) < 4.78 is 58.3. The minimum absolute atomic E-state index is 0.0616. The van der Waals surface area contributed by atoms with Crippen LogP contribution in [0.1, 0.15) is 39.5 Å². The summed E-state index contributed by atoms with van der Waals surface area (Å²) >= 11 is 0. The summed E-state index contributed by atoms with van der Waals surface area (Å²) in [6, 6.07) is 0. The SMILES string of the molecule is C[C@@H]1CC[C@H]2C(COCC(O)CO)=C(C(F)(F)F)O[C@@H]3O[C@]4(C)CCC1[C@]32OO4. The van der Waals surface area contributed by atoms with E-state index in [1.807, 2.05) is 0 Å². The number of rotatable bonds is 5. The first-order chi connectivity index (χ1) is 13.6. The molecule has 2 bridgehead atoms. The van der Waals surface area contributed by atoms with Gasteiger partial charge in [0, 0.05) is 23.8 Å². The fourth-order valence-electron chi connectivity index (χ4n) is 5.26. The van der Waals surface area contributed by atoms with E-state index < -0.39 is 54.8 Å². The van der Waals surface area contributed by atoms with Crippen LogP contribution in [0.3, 0.4) is 0 Å². The van der Waals surface area contributed by atoms with Gasteiger partial charge < -0.3 is 24.4 Å². The second-order valence-corrected chi connectivity index (χ2v) is 8.68. The van der Waals surface area contributed by atoms with Gasteiger partial charge in [0.25, 0.3) is 0 Å². The Morgan fingerprint density at radius 1 is 1.24 bits per heavy atom. The van der Waals surface area contributed by atoms with Crippen molar-refractivity contribution in [1.82, 2.24) is 0 Å². The predicted molar refractivity (Wildman–Crippen MR) is 90.9 cm³/mol. The van der Waals surface area contributed by atoms with E-state index in [-0.39, 0.29) is 24.0 Å². The van der Waals surface area contributed by atoms with Crippen LogP contribution < -0.4 is 0 Å². The number of ether oxygens (including phenoxy) is 3. The Kier molecular flexibility index (Phi) is 5.40. The molecule has 4 fully saturated rings. The van der Waals surface area contributed by atoms with Gasteiger partial charge in [-0.15, -0.1) is 0 Å². The van der Waals surface area contributed by atoms with Crippen LogP contribution in [0.5, 0.6) is 0 Å². The summed E-state index contributed by atoms with van der Waals surface area (Å²) in [5.74, 6) is -2.83. The van der Waals surface area contributed by atoms with Crippen LogP contribution in [-0.4, -0.2) is 60.0 Å². The van der Waals surface area contributed by atoms with Crippen molar-refractivity contribution < 1.29 is 47.4 Å². The van der Waals surface area contributed by atoms with E-state index in [2.05, 4.69) is 6.92 Å². The molecule has 0 amide bonds. The molecule has 7 nitrogen and oxygen atoms in total. The summed E-state index contributed by atoms with van der Waals surface area (Å²) in [5, 5.41) is 18.4. The van der Waals surface area contributed by atoms with Crippen molar-refractivity contribution in [2.45, 2.75) is 69.5 Å². The van der Waals surface area contributed by atoms with Gasteiger partial charge in [0.15, 0.2) is 5.60 Å². The molecule has 0 radical (unpaired) electrons. The van der Waals surface area contributed by atoms with Crippen molar-refractivity contribution in [2.75, 3.05) is 19.8 Å². The Balaban J connectivity index is 1.74. The highest BCUT2D eigenvalue weighted by Gasteiger charge is 2.70. The van der Waals surface area contributed by atoms with Gasteiger partial charge in [-0.1, -0.05) is 6.92 Å². The lowest BCUT2D eigenvalue weighted by atomic mass is 9.59. The molecular weight excluding hydrogens is 397 g/mol. The molecule has 0 aromatic heterocycles. The standard InChI is InChI=1S/C19H27F3O7/c1-10-3-4-14-12(9-25-8-11(24)7-23)15(19(20,21)22)26-16-18(14)13(10)5-6-17(2,27-16)28-29-18/h10-11,13-14,16,23-24H,3-9H2,1-2H3/t10-,11?,13?,14+,16-,17+,18-/m1/s1. The number of hydrogen-bond donors (Lipinski definition) is 2. The largest absolute Gasteiger partial charge is 0.456 e. The second-order valence-electron chi connectivity index (χ2n) is 8.68. The molecule has 1 saturated carbocycles. The predicted octanol–water partition coefficient (Wildman–Crippen LogP) is 2.42. The third kappa shape index (κ3) is 3.47. The van der Waals surface area contributed by atoms with Crippen LogP contribution in [-0.2, 0) is 24.0 Å². The number of fused-ring (bicyclic) bond motifs is 2. The van der Waals surface area contributed by atoms with Crippen LogP contribution in [0.15, 0.2) is 11.3 Å². The van der Waals surface area contributed by atoms with Gasteiger partial charge in [-0.25, -0.2) is 9.78 Å². The minimum Gasteiger partial charge on any atom is -0.456 e. The number of aliphatic hydroxyl groups is 2. The van der Waals surface area contributed by atoms with E-state index in [0.717, 1.165) is 6.42 Å². The highest BCUT2D eigenvalue weighted by Crippen LogP contribution is 2.61. The fraction of sp³-hybridized carbons (Fsp3) is 0.895. The molecule has 29 heavy (non-hydrogen) atoms. The lowest BCUT2D eigenvalue weighted by molar-refractivity contribution is -0.557. The molecule has 4 aliphatic heterocycles. The van der Waals surface area contributed by atoms with Gasteiger partial charge in [0.05, 0.1) is 19.8 Å². The zero-order valence-electron chi connectivity index (χ0n) is 16.4. The highest BCUT2D eigenvalue weighted by atomic mass is 19.4. The molecule has 0 aromatic carbocycles. The molecule has 2 unspecified atom stereocenters. The quantitative estimate of drug-likeness (QED) is 0.656. The normalized spacial score (nSPS) is 42.9. The third-order valence-corrected chi connectivity index (χ3v) is 6.69. The van der Waals surface area contributed by atoms with Crippen molar-refractivity contribution in [3.8, 4) is 0 Å². The Morgan fingerprint density at radius 2 is 2.00 bits per heavy atom. The lowest BCUT2D eigenvalue weighted by Crippen LogP contribution is -2.67. The van der Waals surface area contributed by atoms with E-state index in [4.69, 9.17) is 29.1 Å². The first-order valence-corrected chi connectivity index (χ1v) is 9.99. The summed E-state index contributed by atoms with van der Waals surface area (Å²) in [5.41, 5.74) is -1.25. The van der Waals surface area contributed by atoms with Gasteiger partial charge >= 0.3 is 6.18 Å². The van der Waals surface area contributed by atoms with Crippen molar-refractivity contribution in [1.29, 1.82) is 0 Å². The van der Waals surface area contributed by atoms with Gasteiger partial charge in [-0.3, -0.25) is 0 Å². The van der Waals surface area contributed by atoms with Crippen molar-refractivity contribution in [2.24, 2.45) is 17.8 Å². The Labute approximate surface area is 166 Å². The maximum Gasteiger partial charge on any atom is 0.449 e. The maximum atomic E-state index is 13.9. The first kappa shape index (κ1) is 21.3. The molecular formula is C19H27F3O7. The highest BCUT2D eigenvalue weighted by molar-refractivity contribution is 5.28. The summed E-state index contributed by atoms with van der Waals surface area (Å²) in [4.78, 5) is 11.4. The number of hydrogen-bond acceptors (Lipinski definition) is 7. The lowest BCUT2D eigenvalue weighted by Gasteiger charge is -2.57. The molecule has 5 rings (SSSR count). The van der Waals surface area contributed by atoms with Crippen LogP contribution in [0.4, 0.5) is 13.2 Å². The number of allylic oxidation sites excluding steroid dienone is 1. The monoisotopic (exact) mass is 424 g/mol. The van der Waals surface area contributed by atoms with Crippen LogP contribution in [0, 0.1) is 17.8 Å². The molecule has 5 aliphatic rings. The minimum atomic E-state index is -4.73. The summed E-state index contributed by atoms with van der Waals surface area (Å²) in [6.45, 7) is 2.48. The van der Waals surface area contributed by atoms with Gasteiger partial charge in [-0.2, -0.15) is 13.2 Å². The van der Waals surface area contributed by atoms with E-state index in [1.54, 1.807) is 6.92 Å². The molecule has 3 saturated heterocycles. The molecule has 1 aliphatic carbocycles. The van der Waals surface area contributed by atoms with Gasteiger partial charge in [-0.05, 0) is 32.1 Å². The average molecular weight is 424 g/mol. The van der Waals surface area contributed by atoms with Gasteiger partial charge in [0.2, 0.25) is 17.8 Å². The Hall–Kier alpha value is -0.910. The molecule has 7 atom stereocenters. The molecule has 166 valence electrons. The van der Waals surface area contributed by atoms with Gasteiger partial charge in [0.1, 0.15) is 6.10 Å². The smallest absolute Gasteiger partial charge is 0.449 e. The zero-order valence-corrected chi connectivity index (χ0v) is 16.4. The van der Waals surface area contributed by atoms with Crippen molar-refractivity contribution in [3.05, 3.63) is 11.3 Å². The molecule has 4 heterocycles. The van der Waals surface area contributed by atoms with E-state index >= 15 is 0 Å². The van der Waals surface area contributed by atoms with Crippen LogP contribution in [0.2, 0.25) is 0 Å². The number of halogens is 3. The molecule has 0 aromatic rings. The second kappa shape index (κ2) is 7.35. The summed E-state index contributed by atoms with van der Waals surface area (Å²) in [6.07, 6.45) is -4.77. The number of alkyl halides is 3. The zero-order chi connectivity index (χ0) is 21.0. The van der Waals surface area contributed by atoms with E-state index in [9.17, 15) is 18.3 Å². The molecule has 1 spiro atoms. The average Bonchev–Trinajstić information content (AvgIpc) is 2.89. The Bertz CT molecular complexity index is 669. The van der Waals surface area contributed by atoms with Crippen LogP contribution in [0.25, 0.3) is 0 Å². The third-order valence-electron chi connectivity index (χ3n) is 6.69. The van der Waals surface area contributed by atoms with Crippen LogP contribution >= 0.6 is 0 Å². The van der Waals surface area contributed by atoms with E-state index in [0.29, 0.717) is 19.3 Å². The molecule has 10 heteroatoms. The number of aliphatic hydroxyl groups excluding tert-OH is 2. The van der Waals surface area contributed by atoms with Crippen molar-refractivity contribution in [3.63, 3.8) is 0 Å². The van der Waals surface area contributed by atoms with Crippen molar-refractivity contribution >= 4 is 0 Å². The van der Waals surface area contributed by atoms with E-state index in [1.165, 1.54) is 0 Å². The fourth-order valence-corrected chi connectivity index (χ4v) is 5.26. The first-order valence-electron chi connectivity index (χ1n) is 9.99. The molecule has 2 N–H and O–H groups in total. The Morgan fingerprint density at radius 3 is 2.69 bits per heavy atom. The topological polar surface area (TPSA) is 86.6 Å². The summed E-state index contributed by atoms with van der Waals surface area (Å²) in [7, 11) is 0. The maximum absolute atomic E-state index is 13.9.